The Hall–Kier alpha value is -4.29. The van der Waals surface area contributed by atoms with E-state index in [-0.39, 0.29) is 0 Å². The molecule has 1 saturated heterocycles. The van der Waals surface area contributed by atoms with E-state index < -0.39 is 0 Å². The topological polar surface area (TPSA) is 128 Å². The number of carbonyl (C=O) groups excluding carboxylic acids is 1. The minimum Gasteiger partial charge on any atom is -0.398 e. The fraction of sp³-hybridized carbons (Fsp3) is 0.324. The molecule has 42 heavy (non-hydrogen) atoms. The van der Waals surface area contributed by atoms with E-state index in [4.69, 9.17) is 22.6 Å². The number of aryl methyl sites for hydroxylation is 1. The summed E-state index contributed by atoms with van der Waals surface area (Å²) in [6.45, 7) is 5.05. The van der Waals surface area contributed by atoms with Gasteiger partial charge in [0.1, 0.15) is 6.29 Å². The van der Waals surface area contributed by atoms with Gasteiger partial charge in [0, 0.05) is 42.2 Å². The maximum Gasteiger partial charge on any atom is 0.175 e. The van der Waals surface area contributed by atoms with Gasteiger partial charge in [0.15, 0.2) is 5.82 Å². The molecule has 2 aromatic carbocycles. The maximum absolute atomic E-state index is 11.0. The van der Waals surface area contributed by atoms with Gasteiger partial charge in [-0.05, 0) is 68.6 Å². The third-order valence-corrected chi connectivity index (χ3v) is 7.03. The number of hydrogen-bond donors (Lipinski definition) is 4. The molecule has 0 spiro atoms. The fourth-order valence-electron chi connectivity index (χ4n) is 4.72. The second-order valence-corrected chi connectivity index (χ2v) is 10.1. The highest BCUT2D eigenvalue weighted by molar-refractivity contribution is 5.77. The molecule has 2 heterocycles. The van der Waals surface area contributed by atoms with Gasteiger partial charge in [-0.3, -0.25) is 4.79 Å². The van der Waals surface area contributed by atoms with Crippen LogP contribution in [-0.4, -0.2) is 55.6 Å². The quantitative estimate of drug-likeness (QED) is 0.112. The number of nitrogens with two attached hydrogens (primary N) is 2. The van der Waals surface area contributed by atoms with E-state index in [1.165, 1.54) is 11.1 Å². The number of nitrogens with zero attached hydrogens (tertiary/aromatic N) is 2. The van der Waals surface area contributed by atoms with E-state index in [1.807, 2.05) is 25.3 Å². The zero-order valence-electron chi connectivity index (χ0n) is 24.6. The van der Waals surface area contributed by atoms with Crippen molar-refractivity contribution in [3.8, 4) is 12.3 Å². The Kier molecular flexibility index (Phi) is 13.4. The van der Waals surface area contributed by atoms with Gasteiger partial charge in [0.05, 0.1) is 18.8 Å². The molecular formula is C34H42N6O2. The normalized spacial score (nSPS) is 17.0. The largest absolute Gasteiger partial charge is 0.398 e. The first-order valence-corrected chi connectivity index (χ1v) is 14.2. The predicted octanol–water partition coefficient (Wildman–Crippen LogP) is 4.05. The van der Waals surface area contributed by atoms with Gasteiger partial charge >= 0.3 is 0 Å². The lowest BCUT2D eigenvalue weighted by Crippen LogP contribution is -2.31. The minimum absolute atomic E-state index is 0.311. The van der Waals surface area contributed by atoms with Gasteiger partial charge in [0.2, 0.25) is 0 Å². The van der Waals surface area contributed by atoms with Crippen LogP contribution in [0.2, 0.25) is 0 Å². The standard InChI is InChI=1S/C30H35N5O2.C4H7N/c1-21-5-9-23(10-6-21)26-13-16-33-28(26)20-37-17-2-4-25(29(32)30-34-14-3-15-35-30)18-27(31)24-11-7-22(19-36)8-12-24;1-3-4-5-2/h3,5-12,14-15,18-19,26,28,33H,2,4,13,16-17,20,31-32H2,1H3;1,5H,4H2,2H3/b27-18-,29-25-;/t26-,28?;/m1./s1. The molecule has 0 radical (unpaired) electrons. The number of nitrogens with one attached hydrogen (secondary N) is 2. The Balaban J connectivity index is 0.000000892. The second-order valence-electron chi connectivity index (χ2n) is 10.1. The van der Waals surface area contributed by atoms with Crippen LogP contribution in [0.1, 0.15) is 58.1 Å². The number of aromatic nitrogens is 2. The second kappa shape index (κ2) is 17.5. The summed E-state index contributed by atoms with van der Waals surface area (Å²) in [5.41, 5.74) is 18.8. The summed E-state index contributed by atoms with van der Waals surface area (Å²) in [4.78, 5) is 19.6. The first kappa shape index (κ1) is 32.2. The van der Waals surface area contributed by atoms with Crippen molar-refractivity contribution in [2.24, 2.45) is 11.5 Å². The van der Waals surface area contributed by atoms with Gasteiger partial charge in [-0.2, -0.15) is 0 Å². The average Bonchev–Trinajstić information content (AvgIpc) is 3.50. The molecule has 220 valence electrons. The number of aldehydes is 1. The number of hydrogen-bond acceptors (Lipinski definition) is 8. The van der Waals surface area contributed by atoms with Crippen LogP contribution in [0, 0.1) is 19.3 Å². The molecule has 3 aromatic rings. The number of carbonyl (C=O) groups is 1. The molecule has 8 heteroatoms. The van der Waals surface area contributed by atoms with Gasteiger partial charge in [-0.15, -0.1) is 6.42 Å². The Bertz CT molecular complexity index is 1350. The average molecular weight is 567 g/mol. The van der Waals surface area contributed by atoms with E-state index in [2.05, 4.69) is 57.7 Å². The summed E-state index contributed by atoms with van der Waals surface area (Å²) in [7, 11) is 1.82. The van der Waals surface area contributed by atoms with Gasteiger partial charge in [-0.1, -0.05) is 60.0 Å². The van der Waals surface area contributed by atoms with Crippen molar-refractivity contribution in [2.75, 3.05) is 33.4 Å². The molecule has 1 aliphatic rings. The van der Waals surface area contributed by atoms with Crippen molar-refractivity contribution >= 4 is 17.7 Å². The number of ether oxygens (including phenoxy) is 1. The van der Waals surface area contributed by atoms with E-state index in [0.29, 0.717) is 60.9 Å². The number of terminal acetylenes is 1. The van der Waals surface area contributed by atoms with E-state index >= 15 is 0 Å². The molecule has 8 nitrogen and oxygen atoms in total. The summed E-state index contributed by atoms with van der Waals surface area (Å²) in [6, 6.07) is 18.0. The lowest BCUT2D eigenvalue weighted by molar-refractivity contribution is 0.110. The van der Waals surface area contributed by atoms with Crippen molar-refractivity contribution in [1.82, 2.24) is 20.6 Å². The Morgan fingerprint density at radius 2 is 1.86 bits per heavy atom. The van der Waals surface area contributed by atoms with Gasteiger partial charge < -0.3 is 26.8 Å². The third-order valence-electron chi connectivity index (χ3n) is 7.03. The van der Waals surface area contributed by atoms with Crippen LogP contribution in [0.5, 0.6) is 0 Å². The van der Waals surface area contributed by atoms with Crippen LogP contribution >= 0.6 is 0 Å². The lowest BCUT2D eigenvalue weighted by Gasteiger charge is -2.20. The molecule has 0 amide bonds. The predicted molar refractivity (Wildman–Crippen MR) is 170 cm³/mol. The molecule has 1 unspecified atom stereocenters. The van der Waals surface area contributed by atoms with Crippen molar-refractivity contribution in [3.63, 3.8) is 0 Å². The molecular weight excluding hydrogens is 524 g/mol. The van der Waals surface area contributed by atoms with E-state index in [0.717, 1.165) is 36.8 Å². The molecule has 0 bridgehead atoms. The van der Waals surface area contributed by atoms with Crippen molar-refractivity contribution < 1.29 is 9.53 Å². The van der Waals surface area contributed by atoms with Crippen LogP contribution in [-0.2, 0) is 4.74 Å². The van der Waals surface area contributed by atoms with Gasteiger partial charge in [-0.25, -0.2) is 9.97 Å². The summed E-state index contributed by atoms with van der Waals surface area (Å²) in [6.07, 6.45) is 13.4. The SMILES string of the molecule is C#CCNC.Cc1ccc([C@H]2CCNC2COCCCC(/C=C(\N)c2ccc(C=O)cc2)=C(/N)c2ncccn2)cc1. The fourth-order valence-corrected chi connectivity index (χ4v) is 4.72. The Labute approximate surface area is 249 Å². The van der Waals surface area contributed by atoms with Crippen molar-refractivity contribution in [2.45, 2.75) is 38.1 Å². The maximum atomic E-state index is 11.0. The highest BCUT2D eigenvalue weighted by Crippen LogP contribution is 2.28. The minimum atomic E-state index is 0.311. The third kappa shape index (κ3) is 9.96. The highest BCUT2D eigenvalue weighted by Gasteiger charge is 2.28. The Morgan fingerprint density at radius 3 is 2.48 bits per heavy atom. The smallest absolute Gasteiger partial charge is 0.175 e. The number of rotatable bonds is 12. The summed E-state index contributed by atoms with van der Waals surface area (Å²) in [5, 5.41) is 6.37. The first-order valence-electron chi connectivity index (χ1n) is 14.2. The van der Waals surface area contributed by atoms with Crippen LogP contribution < -0.4 is 22.1 Å². The monoisotopic (exact) mass is 566 g/mol. The van der Waals surface area contributed by atoms with Crippen LogP contribution in [0.15, 0.2) is 78.6 Å². The van der Waals surface area contributed by atoms with Crippen molar-refractivity contribution in [1.29, 1.82) is 0 Å². The highest BCUT2D eigenvalue weighted by atomic mass is 16.5. The molecule has 1 aromatic heterocycles. The van der Waals surface area contributed by atoms with Gasteiger partial charge in [0.25, 0.3) is 0 Å². The molecule has 0 aliphatic carbocycles. The van der Waals surface area contributed by atoms with Crippen molar-refractivity contribution in [3.05, 3.63) is 107 Å². The van der Waals surface area contributed by atoms with Crippen LogP contribution in [0.3, 0.4) is 0 Å². The first-order chi connectivity index (χ1) is 20.5. The summed E-state index contributed by atoms with van der Waals surface area (Å²) in [5.74, 6) is 3.34. The molecule has 1 fully saturated rings. The molecule has 2 atom stereocenters. The Morgan fingerprint density at radius 1 is 1.14 bits per heavy atom. The molecule has 1 aliphatic heterocycles. The molecule has 6 N–H and O–H groups in total. The van der Waals surface area contributed by atoms with Crippen LogP contribution in [0.25, 0.3) is 11.4 Å². The molecule has 4 rings (SSSR count). The zero-order valence-corrected chi connectivity index (χ0v) is 24.6. The zero-order chi connectivity index (χ0) is 30.2. The number of benzene rings is 2. The summed E-state index contributed by atoms with van der Waals surface area (Å²) < 4.78 is 6.10. The molecule has 0 saturated carbocycles. The van der Waals surface area contributed by atoms with Crippen LogP contribution in [0.4, 0.5) is 0 Å². The number of allylic oxidation sites excluding steroid dienone is 2. The lowest BCUT2D eigenvalue weighted by atomic mass is 9.92. The van der Waals surface area contributed by atoms with E-state index in [1.54, 1.807) is 30.6 Å². The summed E-state index contributed by atoms with van der Waals surface area (Å²) >= 11 is 0. The van der Waals surface area contributed by atoms with E-state index in [9.17, 15) is 4.79 Å².